The van der Waals surface area contributed by atoms with Gasteiger partial charge >= 0.3 is 0 Å². The van der Waals surface area contributed by atoms with Crippen LogP contribution in [0.25, 0.3) is 0 Å². The summed E-state index contributed by atoms with van der Waals surface area (Å²) in [6, 6.07) is 0. The average molecular weight is 216 g/mol. The molecule has 0 radical (unpaired) electrons. The van der Waals surface area contributed by atoms with E-state index >= 15 is 0 Å². The van der Waals surface area contributed by atoms with Gasteiger partial charge in [-0.1, -0.05) is 18.2 Å². The Bertz CT molecular complexity index is 369. The molecule has 0 bridgehead atoms. The Balaban J connectivity index is 2.58. The summed E-state index contributed by atoms with van der Waals surface area (Å²) in [6.07, 6.45) is 2.85. The SMILES string of the molecule is C=C(F)C(=O)NCc1nccnc1Cl. The first-order valence-corrected chi connectivity index (χ1v) is 4.07. The van der Waals surface area contributed by atoms with Crippen LogP contribution < -0.4 is 5.32 Å². The lowest BCUT2D eigenvalue weighted by Crippen LogP contribution is -2.23. The second kappa shape index (κ2) is 4.66. The average Bonchev–Trinajstić information content (AvgIpc) is 2.16. The van der Waals surface area contributed by atoms with Crippen molar-refractivity contribution in [1.82, 2.24) is 15.3 Å². The zero-order valence-corrected chi connectivity index (χ0v) is 7.88. The van der Waals surface area contributed by atoms with Crippen LogP contribution in [0, 0.1) is 0 Å². The van der Waals surface area contributed by atoms with E-state index in [-0.39, 0.29) is 11.7 Å². The van der Waals surface area contributed by atoms with Crippen LogP contribution in [-0.4, -0.2) is 15.9 Å². The second-order valence-electron chi connectivity index (χ2n) is 2.38. The molecule has 0 atom stereocenters. The number of hydrogen-bond donors (Lipinski definition) is 1. The largest absolute Gasteiger partial charge is 0.344 e. The molecule has 0 aliphatic heterocycles. The molecule has 1 rings (SSSR count). The number of nitrogens with zero attached hydrogens (tertiary/aromatic N) is 2. The highest BCUT2D eigenvalue weighted by atomic mass is 35.5. The highest BCUT2D eigenvalue weighted by Crippen LogP contribution is 2.07. The first-order chi connectivity index (χ1) is 6.61. The van der Waals surface area contributed by atoms with Crippen LogP contribution in [0.4, 0.5) is 4.39 Å². The van der Waals surface area contributed by atoms with Gasteiger partial charge in [-0.3, -0.25) is 9.78 Å². The van der Waals surface area contributed by atoms with E-state index in [1.807, 2.05) is 0 Å². The van der Waals surface area contributed by atoms with E-state index in [1.54, 1.807) is 0 Å². The Morgan fingerprint density at radius 3 is 2.79 bits per heavy atom. The van der Waals surface area contributed by atoms with E-state index in [9.17, 15) is 9.18 Å². The molecule has 1 aromatic heterocycles. The summed E-state index contributed by atoms with van der Waals surface area (Å²) < 4.78 is 12.2. The Hall–Kier alpha value is -1.49. The lowest BCUT2D eigenvalue weighted by atomic mass is 10.4. The summed E-state index contributed by atoms with van der Waals surface area (Å²) in [4.78, 5) is 18.3. The first-order valence-electron chi connectivity index (χ1n) is 3.69. The molecule has 0 saturated heterocycles. The maximum absolute atomic E-state index is 12.2. The van der Waals surface area contributed by atoms with Gasteiger partial charge in [0.05, 0.1) is 12.2 Å². The van der Waals surface area contributed by atoms with Gasteiger partial charge in [0, 0.05) is 12.4 Å². The van der Waals surface area contributed by atoms with Crippen LogP contribution in [0.15, 0.2) is 24.8 Å². The number of carbonyl (C=O) groups excluding carboxylic acids is 1. The van der Waals surface area contributed by atoms with Gasteiger partial charge in [0.15, 0.2) is 11.0 Å². The van der Waals surface area contributed by atoms with Crippen molar-refractivity contribution in [3.8, 4) is 0 Å². The van der Waals surface area contributed by atoms with Crippen molar-refractivity contribution in [2.24, 2.45) is 0 Å². The minimum atomic E-state index is -1.05. The smallest absolute Gasteiger partial charge is 0.279 e. The molecule has 6 heteroatoms. The number of aromatic nitrogens is 2. The molecule has 74 valence electrons. The molecule has 4 nitrogen and oxygen atoms in total. The van der Waals surface area contributed by atoms with E-state index in [0.29, 0.717) is 5.69 Å². The van der Waals surface area contributed by atoms with Crippen molar-refractivity contribution in [2.45, 2.75) is 6.54 Å². The van der Waals surface area contributed by atoms with Crippen LogP contribution in [-0.2, 0) is 11.3 Å². The molecule has 0 fully saturated rings. The zero-order valence-electron chi connectivity index (χ0n) is 7.13. The maximum Gasteiger partial charge on any atom is 0.279 e. The van der Waals surface area contributed by atoms with Gasteiger partial charge < -0.3 is 5.32 Å². The summed E-state index contributed by atoms with van der Waals surface area (Å²) in [6.45, 7) is 2.86. The van der Waals surface area contributed by atoms with Gasteiger partial charge in [-0.25, -0.2) is 9.37 Å². The van der Waals surface area contributed by atoms with Crippen LogP contribution in [0.3, 0.4) is 0 Å². The number of hydrogen-bond acceptors (Lipinski definition) is 3. The summed E-state index contributed by atoms with van der Waals surface area (Å²) >= 11 is 5.65. The van der Waals surface area contributed by atoms with Crippen LogP contribution in [0.2, 0.25) is 5.15 Å². The molecular formula is C8H7ClFN3O. The van der Waals surface area contributed by atoms with E-state index in [1.165, 1.54) is 12.4 Å². The van der Waals surface area contributed by atoms with Gasteiger partial charge in [-0.2, -0.15) is 0 Å². The van der Waals surface area contributed by atoms with E-state index in [2.05, 4.69) is 21.9 Å². The molecule has 1 heterocycles. The number of carbonyl (C=O) groups is 1. The Morgan fingerprint density at radius 2 is 2.21 bits per heavy atom. The van der Waals surface area contributed by atoms with Gasteiger partial charge in [0.1, 0.15) is 0 Å². The summed E-state index contributed by atoms with van der Waals surface area (Å²) in [5.74, 6) is -1.93. The van der Waals surface area contributed by atoms with E-state index in [4.69, 9.17) is 11.6 Å². The highest BCUT2D eigenvalue weighted by molar-refractivity contribution is 6.29. The van der Waals surface area contributed by atoms with Crippen molar-refractivity contribution < 1.29 is 9.18 Å². The molecule has 0 aliphatic carbocycles. The third kappa shape index (κ3) is 2.77. The van der Waals surface area contributed by atoms with Crippen molar-refractivity contribution >= 4 is 17.5 Å². The monoisotopic (exact) mass is 215 g/mol. The molecule has 0 aliphatic rings. The predicted molar refractivity (Wildman–Crippen MR) is 49.1 cm³/mol. The van der Waals surface area contributed by atoms with E-state index < -0.39 is 11.7 Å². The molecule has 0 spiro atoms. The first kappa shape index (κ1) is 10.6. The van der Waals surface area contributed by atoms with Gasteiger partial charge in [0.25, 0.3) is 5.91 Å². The maximum atomic E-state index is 12.2. The number of halogens is 2. The van der Waals surface area contributed by atoms with Crippen LogP contribution in [0.5, 0.6) is 0 Å². The van der Waals surface area contributed by atoms with Crippen molar-refractivity contribution in [3.63, 3.8) is 0 Å². The highest BCUT2D eigenvalue weighted by Gasteiger charge is 2.07. The molecule has 1 N–H and O–H groups in total. The fraction of sp³-hybridized carbons (Fsp3) is 0.125. The van der Waals surface area contributed by atoms with Crippen LogP contribution >= 0.6 is 11.6 Å². The lowest BCUT2D eigenvalue weighted by molar-refractivity contribution is -0.119. The normalized spacial score (nSPS) is 9.57. The lowest BCUT2D eigenvalue weighted by Gasteiger charge is -2.02. The number of nitrogens with one attached hydrogen (secondary N) is 1. The van der Waals surface area contributed by atoms with Gasteiger partial charge in [0.2, 0.25) is 0 Å². The minimum absolute atomic E-state index is 0.0223. The Kier molecular flexibility index (Phi) is 3.53. The summed E-state index contributed by atoms with van der Waals surface area (Å²) in [5.41, 5.74) is 0.378. The van der Waals surface area contributed by atoms with Crippen molar-refractivity contribution in [1.29, 1.82) is 0 Å². The third-order valence-corrected chi connectivity index (χ3v) is 1.70. The molecule has 1 aromatic rings. The Morgan fingerprint density at radius 1 is 1.57 bits per heavy atom. The van der Waals surface area contributed by atoms with Gasteiger partial charge in [-0.05, 0) is 0 Å². The van der Waals surface area contributed by atoms with Crippen molar-refractivity contribution in [2.75, 3.05) is 0 Å². The van der Waals surface area contributed by atoms with Crippen molar-refractivity contribution in [3.05, 3.63) is 35.6 Å². The zero-order chi connectivity index (χ0) is 10.6. The quantitative estimate of drug-likeness (QED) is 0.772. The standard InChI is InChI=1S/C8H7ClFN3O/c1-5(10)8(14)13-4-6-7(9)12-3-2-11-6/h2-3H,1,4H2,(H,13,14). The predicted octanol–water partition coefficient (Wildman–Crippen LogP) is 1.23. The topological polar surface area (TPSA) is 54.9 Å². The molecular weight excluding hydrogens is 209 g/mol. The second-order valence-corrected chi connectivity index (χ2v) is 2.74. The summed E-state index contributed by atoms with van der Waals surface area (Å²) in [5, 5.41) is 2.42. The van der Waals surface area contributed by atoms with Gasteiger partial charge in [-0.15, -0.1) is 0 Å². The number of amides is 1. The fourth-order valence-corrected chi connectivity index (χ4v) is 0.900. The Labute approximate surface area is 84.8 Å². The minimum Gasteiger partial charge on any atom is -0.344 e. The fourth-order valence-electron chi connectivity index (χ4n) is 0.728. The molecule has 0 saturated carbocycles. The molecule has 1 amide bonds. The van der Waals surface area contributed by atoms with E-state index in [0.717, 1.165) is 0 Å². The molecule has 0 aromatic carbocycles. The molecule has 14 heavy (non-hydrogen) atoms. The molecule has 0 unspecified atom stereocenters. The number of rotatable bonds is 3. The van der Waals surface area contributed by atoms with Crippen LogP contribution in [0.1, 0.15) is 5.69 Å². The summed E-state index contributed by atoms with van der Waals surface area (Å²) in [7, 11) is 0. The third-order valence-electron chi connectivity index (χ3n) is 1.39.